The summed E-state index contributed by atoms with van der Waals surface area (Å²) in [6, 6.07) is 0. The zero-order valence-electron chi connectivity index (χ0n) is 6.92. The molecule has 0 saturated heterocycles. The van der Waals surface area contributed by atoms with Crippen molar-refractivity contribution >= 4 is 0 Å². The second-order valence-corrected chi connectivity index (χ2v) is 2.80. The lowest BCUT2D eigenvalue weighted by atomic mass is 10.1. The van der Waals surface area contributed by atoms with Crippen LogP contribution in [0.5, 0.6) is 0 Å². The second kappa shape index (κ2) is 5.96. The zero-order chi connectivity index (χ0) is 7.78. The van der Waals surface area contributed by atoms with Gasteiger partial charge >= 0.3 is 0 Å². The van der Waals surface area contributed by atoms with Crippen LogP contribution in [0.15, 0.2) is 30.4 Å². The Morgan fingerprint density at radius 2 is 1.82 bits per heavy atom. The molecule has 1 rings (SSSR count). The highest BCUT2D eigenvalue weighted by Crippen LogP contribution is 2.05. The molecule has 0 aliphatic heterocycles. The molecule has 0 heterocycles. The van der Waals surface area contributed by atoms with E-state index in [2.05, 4.69) is 24.3 Å². The summed E-state index contributed by atoms with van der Waals surface area (Å²) in [5.41, 5.74) is 0. The smallest absolute Gasteiger partial charge is 0.0227 e. The van der Waals surface area contributed by atoms with Gasteiger partial charge in [-0.1, -0.05) is 36.8 Å². The molecule has 0 atom stereocenters. The van der Waals surface area contributed by atoms with Crippen molar-refractivity contribution in [3.05, 3.63) is 36.5 Å². The zero-order valence-corrected chi connectivity index (χ0v) is 6.92. The van der Waals surface area contributed by atoms with E-state index in [4.69, 9.17) is 0 Å². The van der Waals surface area contributed by atoms with Crippen LogP contribution in [-0.2, 0) is 0 Å². The molecule has 0 spiro atoms. The van der Waals surface area contributed by atoms with Crippen LogP contribution in [0.2, 0.25) is 0 Å². The average Bonchev–Trinajstić information content (AvgIpc) is 2.08. The fourth-order valence-electron chi connectivity index (χ4n) is 1.12. The van der Waals surface area contributed by atoms with Gasteiger partial charge in [0.05, 0.1) is 0 Å². The van der Waals surface area contributed by atoms with Gasteiger partial charge in [0, 0.05) is 0 Å². The molecule has 0 amide bonds. The van der Waals surface area contributed by atoms with Crippen LogP contribution in [0.1, 0.15) is 32.1 Å². The summed E-state index contributed by atoms with van der Waals surface area (Å²) in [6.07, 6.45) is 20.0. The topological polar surface area (TPSA) is 0 Å². The SMILES string of the molecule is [C]1=CCCCCCC=CC=C1. The van der Waals surface area contributed by atoms with Gasteiger partial charge in [0.1, 0.15) is 0 Å². The fraction of sp³-hybridized carbons (Fsp3) is 0.455. The first-order valence-electron chi connectivity index (χ1n) is 4.39. The monoisotopic (exact) mass is 147 g/mol. The molecule has 1 aliphatic rings. The molecule has 11 heavy (non-hydrogen) atoms. The first-order chi connectivity index (χ1) is 5.50. The van der Waals surface area contributed by atoms with E-state index in [1.165, 1.54) is 32.1 Å². The lowest BCUT2D eigenvalue weighted by Gasteiger charge is -1.93. The number of hydrogen-bond acceptors (Lipinski definition) is 0. The molecular formula is C11H15. The quantitative estimate of drug-likeness (QED) is 0.492. The Morgan fingerprint density at radius 3 is 2.82 bits per heavy atom. The molecule has 0 heteroatoms. The maximum atomic E-state index is 3.13. The summed E-state index contributed by atoms with van der Waals surface area (Å²) in [6.45, 7) is 0. The van der Waals surface area contributed by atoms with Crippen LogP contribution < -0.4 is 0 Å². The van der Waals surface area contributed by atoms with Gasteiger partial charge in [-0.2, -0.15) is 0 Å². The van der Waals surface area contributed by atoms with Crippen molar-refractivity contribution in [3.63, 3.8) is 0 Å². The first-order valence-corrected chi connectivity index (χ1v) is 4.39. The molecule has 0 nitrogen and oxygen atoms in total. The van der Waals surface area contributed by atoms with Crippen LogP contribution in [0, 0.1) is 6.08 Å². The Morgan fingerprint density at radius 1 is 0.909 bits per heavy atom. The standard InChI is InChI=1S/C11H15/c1-2-4-6-8-10-11-9-7-5-3-1/h1-4,8H,5,7,9-11H2. The molecule has 0 N–H and O–H groups in total. The highest BCUT2D eigenvalue weighted by molar-refractivity contribution is 5.07. The van der Waals surface area contributed by atoms with Crippen molar-refractivity contribution in [1.82, 2.24) is 0 Å². The van der Waals surface area contributed by atoms with E-state index in [9.17, 15) is 0 Å². The van der Waals surface area contributed by atoms with E-state index < -0.39 is 0 Å². The highest BCUT2D eigenvalue weighted by Gasteiger charge is 1.85. The van der Waals surface area contributed by atoms with Crippen LogP contribution in [-0.4, -0.2) is 0 Å². The minimum absolute atomic E-state index is 1.18. The predicted molar refractivity (Wildman–Crippen MR) is 49.2 cm³/mol. The van der Waals surface area contributed by atoms with Gasteiger partial charge in [-0.3, -0.25) is 0 Å². The second-order valence-electron chi connectivity index (χ2n) is 2.80. The third-order valence-electron chi connectivity index (χ3n) is 1.78. The number of hydrogen-bond donors (Lipinski definition) is 0. The van der Waals surface area contributed by atoms with Crippen LogP contribution in [0.3, 0.4) is 0 Å². The minimum Gasteiger partial charge on any atom is -0.0845 e. The van der Waals surface area contributed by atoms with Crippen LogP contribution >= 0.6 is 0 Å². The van der Waals surface area contributed by atoms with E-state index in [-0.39, 0.29) is 0 Å². The Balaban J connectivity index is 2.36. The molecule has 0 unspecified atom stereocenters. The van der Waals surface area contributed by atoms with E-state index in [0.29, 0.717) is 0 Å². The molecule has 0 aromatic heterocycles. The van der Waals surface area contributed by atoms with E-state index in [1.807, 2.05) is 12.2 Å². The maximum absolute atomic E-state index is 3.13. The minimum atomic E-state index is 1.18. The van der Waals surface area contributed by atoms with Crippen molar-refractivity contribution in [3.8, 4) is 0 Å². The van der Waals surface area contributed by atoms with Gasteiger partial charge in [-0.05, 0) is 31.8 Å². The van der Waals surface area contributed by atoms with Crippen LogP contribution in [0.25, 0.3) is 0 Å². The van der Waals surface area contributed by atoms with Crippen LogP contribution in [0.4, 0.5) is 0 Å². The molecule has 0 fully saturated rings. The maximum Gasteiger partial charge on any atom is -0.0227 e. The van der Waals surface area contributed by atoms with Crippen molar-refractivity contribution < 1.29 is 0 Å². The van der Waals surface area contributed by atoms with E-state index >= 15 is 0 Å². The molecule has 0 saturated carbocycles. The molecule has 0 aromatic carbocycles. The van der Waals surface area contributed by atoms with Crippen molar-refractivity contribution in [1.29, 1.82) is 0 Å². The summed E-state index contributed by atoms with van der Waals surface area (Å²) in [5, 5.41) is 0. The van der Waals surface area contributed by atoms with Gasteiger partial charge in [0.25, 0.3) is 0 Å². The third kappa shape index (κ3) is 4.60. The van der Waals surface area contributed by atoms with Gasteiger partial charge < -0.3 is 0 Å². The molecule has 1 aliphatic carbocycles. The molecular weight excluding hydrogens is 132 g/mol. The third-order valence-corrected chi connectivity index (χ3v) is 1.78. The number of allylic oxidation sites excluding steroid dienone is 6. The van der Waals surface area contributed by atoms with E-state index in [1.54, 1.807) is 0 Å². The summed E-state index contributed by atoms with van der Waals surface area (Å²) in [7, 11) is 0. The Bertz CT molecular complexity index is 143. The Labute approximate surface area is 69.3 Å². The fourth-order valence-corrected chi connectivity index (χ4v) is 1.12. The van der Waals surface area contributed by atoms with Gasteiger partial charge in [-0.15, -0.1) is 0 Å². The van der Waals surface area contributed by atoms with Crippen molar-refractivity contribution in [2.45, 2.75) is 32.1 Å². The number of rotatable bonds is 0. The van der Waals surface area contributed by atoms with Gasteiger partial charge in [-0.25, -0.2) is 0 Å². The lowest BCUT2D eigenvalue weighted by Crippen LogP contribution is -1.73. The van der Waals surface area contributed by atoms with Crippen molar-refractivity contribution in [2.24, 2.45) is 0 Å². The summed E-state index contributed by atoms with van der Waals surface area (Å²) >= 11 is 0. The summed E-state index contributed by atoms with van der Waals surface area (Å²) in [5.74, 6) is 0. The molecule has 0 aromatic rings. The summed E-state index contributed by atoms with van der Waals surface area (Å²) in [4.78, 5) is 0. The molecule has 1 radical (unpaired) electrons. The lowest BCUT2D eigenvalue weighted by molar-refractivity contribution is 0.696. The highest BCUT2D eigenvalue weighted by atomic mass is 13.9. The van der Waals surface area contributed by atoms with Gasteiger partial charge in [0.2, 0.25) is 0 Å². The van der Waals surface area contributed by atoms with Gasteiger partial charge in [0.15, 0.2) is 0 Å². The van der Waals surface area contributed by atoms with Crippen molar-refractivity contribution in [2.75, 3.05) is 0 Å². The predicted octanol–water partition coefficient (Wildman–Crippen LogP) is 3.42. The largest absolute Gasteiger partial charge is 0.0845 e. The molecule has 0 bridgehead atoms. The Kier molecular flexibility index (Phi) is 4.51. The summed E-state index contributed by atoms with van der Waals surface area (Å²) < 4.78 is 0. The normalized spacial score (nSPS) is 19.6. The first kappa shape index (κ1) is 8.32. The average molecular weight is 147 g/mol. The molecule has 59 valence electrons. The Hall–Kier alpha value is -0.780. The van der Waals surface area contributed by atoms with E-state index in [0.717, 1.165) is 0 Å².